The molecular weight excluding hydrogens is 462 g/mol. The summed E-state index contributed by atoms with van der Waals surface area (Å²) < 4.78 is 33.6. The van der Waals surface area contributed by atoms with E-state index in [4.69, 9.17) is 4.74 Å². The molecule has 0 spiro atoms. The monoisotopic (exact) mass is 493 g/mol. The smallest absolute Gasteiger partial charge is 0.261 e. The molecule has 1 saturated heterocycles. The van der Waals surface area contributed by atoms with Crippen LogP contribution in [-0.2, 0) is 10.0 Å². The predicted molar refractivity (Wildman–Crippen MR) is 137 cm³/mol. The first-order valence-corrected chi connectivity index (χ1v) is 13.2. The summed E-state index contributed by atoms with van der Waals surface area (Å²) in [6.45, 7) is 4.31. The van der Waals surface area contributed by atoms with Crippen molar-refractivity contribution < 1.29 is 17.9 Å². The fourth-order valence-corrected chi connectivity index (χ4v) is 5.37. The van der Waals surface area contributed by atoms with E-state index in [2.05, 4.69) is 14.9 Å². The zero-order chi connectivity index (χ0) is 24.8. The Labute approximate surface area is 207 Å². The van der Waals surface area contributed by atoms with E-state index in [1.54, 1.807) is 31.4 Å². The van der Waals surface area contributed by atoms with Crippen LogP contribution in [0.1, 0.15) is 40.4 Å². The van der Waals surface area contributed by atoms with Gasteiger partial charge in [0.05, 0.1) is 18.0 Å². The van der Waals surface area contributed by atoms with E-state index < -0.39 is 10.0 Å². The maximum absolute atomic E-state index is 13.0. The van der Waals surface area contributed by atoms with Crippen molar-refractivity contribution in [2.75, 3.05) is 31.5 Å². The maximum atomic E-state index is 13.0. The first-order valence-electron chi connectivity index (χ1n) is 11.7. The number of hydrogen-bond donors (Lipinski definition) is 2. The van der Waals surface area contributed by atoms with Crippen LogP contribution < -0.4 is 14.8 Å². The molecule has 1 fully saturated rings. The Morgan fingerprint density at radius 3 is 2.34 bits per heavy atom. The number of ether oxygens (including phenoxy) is 1. The highest BCUT2D eigenvalue weighted by Crippen LogP contribution is 2.26. The number of sulfonamides is 1. The van der Waals surface area contributed by atoms with Crippen molar-refractivity contribution in [3.8, 4) is 5.75 Å². The van der Waals surface area contributed by atoms with Crippen molar-refractivity contribution in [3.05, 3.63) is 89.5 Å². The molecule has 1 aliphatic rings. The molecule has 3 aromatic rings. The summed E-state index contributed by atoms with van der Waals surface area (Å²) in [5.41, 5.74) is 2.91. The average Bonchev–Trinajstić information content (AvgIpc) is 3.40. The lowest BCUT2D eigenvalue weighted by molar-refractivity contribution is 0.0937. The van der Waals surface area contributed by atoms with Crippen molar-refractivity contribution in [2.24, 2.45) is 0 Å². The molecule has 35 heavy (non-hydrogen) atoms. The molecule has 0 radical (unpaired) electrons. The number of nitrogens with zero attached hydrogens (tertiary/aromatic N) is 1. The lowest BCUT2D eigenvalue weighted by atomic mass is 10.0. The quantitative estimate of drug-likeness (QED) is 0.462. The Balaban J connectivity index is 1.47. The van der Waals surface area contributed by atoms with Crippen LogP contribution in [0.5, 0.6) is 5.75 Å². The van der Waals surface area contributed by atoms with Crippen molar-refractivity contribution in [2.45, 2.75) is 30.7 Å². The molecule has 1 atom stereocenters. The van der Waals surface area contributed by atoms with E-state index in [0.29, 0.717) is 17.8 Å². The zero-order valence-electron chi connectivity index (χ0n) is 20.0. The van der Waals surface area contributed by atoms with E-state index in [0.717, 1.165) is 42.8 Å². The Morgan fingerprint density at radius 2 is 1.69 bits per heavy atom. The highest BCUT2D eigenvalue weighted by molar-refractivity contribution is 7.92. The van der Waals surface area contributed by atoms with Gasteiger partial charge in [-0.15, -0.1) is 0 Å². The second-order valence-corrected chi connectivity index (χ2v) is 10.4. The van der Waals surface area contributed by atoms with Gasteiger partial charge in [-0.3, -0.25) is 14.4 Å². The van der Waals surface area contributed by atoms with Crippen LogP contribution in [0.25, 0.3) is 0 Å². The van der Waals surface area contributed by atoms with Gasteiger partial charge in [-0.05, 0) is 80.9 Å². The number of likely N-dealkylation sites (tertiary alicyclic amines) is 1. The molecule has 7 nitrogen and oxygen atoms in total. The third kappa shape index (κ3) is 6.21. The zero-order valence-corrected chi connectivity index (χ0v) is 20.8. The van der Waals surface area contributed by atoms with Gasteiger partial charge in [0.15, 0.2) is 0 Å². The number of aryl methyl sites for hydroxylation is 1. The molecule has 4 rings (SSSR count). The first kappa shape index (κ1) is 24.8. The number of nitrogens with one attached hydrogen (secondary N) is 2. The van der Waals surface area contributed by atoms with Gasteiger partial charge >= 0.3 is 0 Å². The van der Waals surface area contributed by atoms with Crippen LogP contribution in [0.15, 0.2) is 77.7 Å². The number of anilines is 1. The van der Waals surface area contributed by atoms with Crippen LogP contribution in [-0.4, -0.2) is 46.0 Å². The topological polar surface area (TPSA) is 87.7 Å². The lowest BCUT2D eigenvalue weighted by Crippen LogP contribution is -2.36. The summed E-state index contributed by atoms with van der Waals surface area (Å²) in [5.74, 6) is 0.477. The second-order valence-electron chi connectivity index (χ2n) is 8.74. The number of hydrogen-bond acceptors (Lipinski definition) is 5. The molecule has 1 aliphatic heterocycles. The Hall–Kier alpha value is -3.36. The highest BCUT2D eigenvalue weighted by atomic mass is 32.2. The number of benzene rings is 3. The number of carbonyl (C=O) groups excluding carboxylic acids is 1. The third-order valence-electron chi connectivity index (χ3n) is 6.25. The largest absolute Gasteiger partial charge is 0.497 e. The van der Waals surface area contributed by atoms with Gasteiger partial charge in [-0.2, -0.15) is 0 Å². The minimum absolute atomic E-state index is 0.0301. The van der Waals surface area contributed by atoms with Crippen LogP contribution in [0.2, 0.25) is 0 Å². The van der Waals surface area contributed by atoms with E-state index in [-0.39, 0.29) is 16.8 Å². The molecule has 0 aromatic heterocycles. The van der Waals surface area contributed by atoms with Gasteiger partial charge < -0.3 is 10.1 Å². The minimum atomic E-state index is -3.83. The molecule has 0 saturated carbocycles. The van der Waals surface area contributed by atoms with Crippen molar-refractivity contribution in [3.63, 3.8) is 0 Å². The second kappa shape index (κ2) is 10.9. The van der Waals surface area contributed by atoms with Crippen LogP contribution >= 0.6 is 0 Å². The van der Waals surface area contributed by atoms with Gasteiger partial charge in [0.25, 0.3) is 15.9 Å². The molecule has 1 amide bonds. The van der Waals surface area contributed by atoms with E-state index in [9.17, 15) is 13.2 Å². The van der Waals surface area contributed by atoms with Gasteiger partial charge in [-0.1, -0.05) is 35.9 Å². The average molecular weight is 494 g/mol. The molecule has 1 heterocycles. The molecule has 8 heteroatoms. The van der Waals surface area contributed by atoms with Crippen molar-refractivity contribution in [1.82, 2.24) is 10.2 Å². The molecule has 0 bridgehead atoms. The van der Waals surface area contributed by atoms with Gasteiger partial charge in [0.1, 0.15) is 5.75 Å². The minimum Gasteiger partial charge on any atom is -0.497 e. The molecule has 3 aromatic carbocycles. The normalized spacial score (nSPS) is 14.9. The summed E-state index contributed by atoms with van der Waals surface area (Å²) in [7, 11) is -2.19. The molecule has 184 valence electrons. The maximum Gasteiger partial charge on any atom is 0.261 e. The molecule has 0 unspecified atom stereocenters. The molecular formula is C27H31N3O4S. The molecule has 2 N–H and O–H groups in total. The highest BCUT2D eigenvalue weighted by Gasteiger charge is 2.24. The van der Waals surface area contributed by atoms with E-state index in [1.165, 1.54) is 12.1 Å². The van der Waals surface area contributed by atoms with E-state index >= 15 is 0 Å². The van der Waals surface area contributed by atoms with Crippen LogP contribution in [0.4, 0.5) is 5.69 Å². The van der Waals surface area contributed by atoms with Crippen LogP contribution in [0.3, 0.4) is 0 Å². The number of methoxy groups -OCH3 is 1. The fourth-order valence-electron chi connectivity index (χ4n) is 4.27. The third-order valence-corrected chi connectivity index (χ3v) is 7.63. The molecule has 0 aliphatic carbocycles. The Morgan fingerprint density at radius 1 is 1.00 bits per heavy atom. The lowest BCUT2D eigenvalue weighted by Gasteiger charge is -2.28. The Kier molecular flexibility index (Phi) is 7.73. The number of rotatable bonds is 9. The van der Waals surface area contributed by atoms with Crippen LogP contribution in [0, 0.1) is 6.92 Å². The Bertz CT molecular complexity index is 1250. The first-order chi connectivity index (χ1) is 16.9. The predicted octanol–water partition coefficient (Wildman–Crippen LogP) is 4.37. The van der Waals surface area contributed by atoms with Gasteiger partial charge in [0.2, 0.25) is 0 Å². The van der Waals surface area contributed by atoms with Gasteiger partial charge in [-0.25, -0.2) is 8.42 Å². The fraction of sp³-hybridized carbons (Fsp3) is 0.296. The summed E-state index contributed by atoms with van der Waals surface area (Å²) in [6, 6.07) is 21.1. The number of carbonyl (C=O) groups is 1. The number of amides is 1. The van der Waals surface area contributed by atoms with Gasteiger partial charge in [0, 0.05) is 17.8 Å². The standard InChI is InChI=1S/C27H31N3O4S/c1-20-8-12-23(13-9-20)29-35(32,33)25-7-5-6-22(18-25)27(31)28-19-26(30-16-3-4-17-30)21-10-14-24(34-2)15-11-21/h5-15,18,26,29H,3-4,16-17,19H2,1-2H3,(H,28,31)/t26-/m0/s1. The summed E-state index contributed by atoms with van der Waals surface area (Å²) >= 11 is 0. The summed E-state index contributed by atoms with van der Waals surface area (Å²) in [6.07, 6.45) is 2.27. The summed E-state index contributed by atoms with van der Waals surface area (Å²) in [4.78, 5) is 15.4. The van der Waals surface area contributed by atoms with Crippen molar-refractivity contribution in [1.29, 1.82) is 0 Å². The van der Waals surface area contributed by atoms with E-state index in [1.807, 2.05) is 43.3 Å². The summed E-state index contributed by atoms with van der Waals surface area (Å²) in [5, 5.41) is 3.01. The van der Waals surface area contributed by atoms with Crippen molar-refractivity contribution >= 4 is 21.6 Å². The SMILES string of the molecule is COc1ccc([C@H](CNC(=O)c2cccc(S(=O)(=O)Nc3ccc(C)cc3)c2)N2CCCC2)cc1.